The summed E-state index contributed by atoms with van der Waals surface area (Å²) >= 11 is 2.06. The summed E-state index contributed by atoms with van der Waals surface area (Å²) in [5.41, 5.74) is 0.832. The highest BCUT2D eigenvalue weighted by Crippen LogP contribution is 2.15. The molecule has 25 heavy (non-hydrogen) atoms. The van der Waals surface area contributed by atoms with E-state index < -0.39 is 5.97 Å². The maximum Gasteiger partial charge on any atom is 0.341 e. The number of carbonyl (C=O) groups excluding carboxylic acids is 3. The third-order valence-electron chi connectivity index (χ3n) is 3.36. The smallest absolute Gasteiger partial charge is 0.341 e. The van der Waals surface area contributed by atoms with E-state index in [9.17, 15) is 14.4 Å². The van der Waals surface area contributed by atoms with Crippen LogP contribution in [0, 0.1) is 10.5 Å². The van der Waals surface area contributed by atoms with Gasteiger partial charge in [-0.15, -0.1) is 0 Å². The van der Waals surface area contributed by atoms with Gasteiger partial charge in [0.15, 0.2) is 0 Å². The van der Waals surface area contributed by atoms with Gasteiger partial charge in [0.1, 0.15) is 17.1 Å². The van der Waals surface area contributed by atoms with Gasteiger partial charge in [0.2, 0.25) is 5.91 Å². The quantitative estimate of drug-likeness (QED) is 0.512. The minimum Gasteiger partial charge on any atom is -0.465 e. The van der Waals surface area contributed by atoms with E-state index in [0.717, 1.165) is 3.57 Å². The highest BCUT2D eigenvalue weighted by molar-refractivity contribution is 14.1. The van der Waals surface area contributed by atoms with Crippen LogP contribution in [0.1, 0.15) is 32.2 Å². The molecule has 132 valence electrons. The molecule has 0 spiro atoms. The summed E-state index contributed by atoms with van der Waals surface area (Å²) < 4.78 is 10.8. The van der Waals surface area contributed by atoms with Gasteiger partial charge in [0.25, 0.3) is 5.91 Å². The summed E-state index contributed by atoms with van der Waals surface area (Å²) in [5, 5.41) is 5.18. The molecule has 2 amide bonds. The molecular formula is C17H17IN2O5. The molecule has 0 fully saturated rings. The van der Waals surface area contributed by atoms with Crippen LogP contribution < -0.4 is 10.6 Å². The molecule has 8 heteroatoms. The molecule has 0 bridgehead atoms. The van der Waals surface area contributed by atoms with Crippen molar-refractivity contribution in [2.75, 3.05) is 13.7 Å². The van der Waals surface area contributed by atoms with Gasteiger partial charge in [-0.3, -0.25) is 9.59 Å². The lowest BCUT2D eigenvalue weighted by atomic mass is 10.2. The van der Waals surface area contributed by atoms with Crippen molar-refractivity contribution < 1.29 is 23.5 Å². The lowest BCUT2D eigenvalue weighted by Crippen LogP contribution is -2.36. The third kappa shape index (κ3) is 5.05. The van der Waals surface area contributed by atoms with Crippen molar-refractivity contribution in [2.24, 2.45) is 0 Å². The normalized spacial score (nSPS) is 10.2. The SMILES string of the molecule is COC(=O)c1cc(CNC(=O)CNC(=O)c2ccccc2I)oc1C. The lowest BCUT2D eigenvalue weighted by Gasteiger charge is -2.07. The molecule has 1 heterocycles. The maximum absolute atomic E-state index is 12.0. The molecular weight excluding hydrogens is 439 g/mol. The van der Waals surface area contributed by atoms with Crippen LogP contribution >= 0.6 is 22.6 Å². The summed E-state index contributed by atoms with van der Waals surface area (Å²) in [5.74, 6) is -0.336. The molecule has 1 aromatic heterocycles. The predicted octanol–water partition coefficient (Wildman–Crippen LogP) is 2.03. The Morgan fingerprint density at radius 1 is 1.16 bits per heavy atom. The fourth-order valence-electron chi connectivity index (χ4n) is 2.09. The first-order valence-electron chi connectivity index (χ1n) is 7.39. The second-order valence-corrected chi connectivity index (χ2v) is 6.28. The van der Waals surface area contributed by atoms with Crippen molar-refractivity contribution in [2.45, 2.75) is 13.5 Å². The average molecular weight is 456 g/mol. The van der Waals surface area contributed by atoms with Crippen molar-refractivity contribution in [3.05, 3.63) is 56.5 Å². The molecule has 1 aromatic carbocycles. The number of halogens is 1. The van der Waals surface area contributed by atoms with E-state index in [1.165, 1.54) is 13.2 Å². The van der Waals surface area contributed by atoms with Gasteiger partial charge in [-0.25, -0.2) is 4.79 Å². The summed E-state index contributed by atoms with van der Waals surface area (Å²) in [4.78, 5) is 35.4. The third-order valence-corrected chi connectivity index (χ3v) is 4.30. The number of aryl methyl sites for hydroxylation is 1. The highest BCUT2D eigenvalue weighted by Gasteiger charge is 2.16. The zero-order valence-corrected chi connectivity index (χ0v) is 15.9. The number of methoxy groups -OCH3 is 1. The predicted molar refractivity (Wildman–Crippen MR) is 98.1 cm³/mol. The Morgan fingerprint density at radius 3 is 2.56 bits per heavy atom. The second kappa shape index (κ2) is 8.65. The van der Waals surface area contributed by atoms with Crippen LogP contribution in [0.4, 0.5) is 0 Å². The molecule has 2 aromatic rings. The molecule has 0 aliphatic carbocycles. The molecule has 7 nitrogen and oxygen atoms in total. The summed E-state index contributed by atoms with van der Waals surface area (Å²) in [6.07, 6.45) is 0. The zero-order valence-electron chi connectivity index (χ0n) is 13.7. The highest BCUT2D eigenvalue weighted by atomic mass is 127. The first kappa shape index (κ1) is 19.0. The Morgan fingerprint density at radius 2 is 1.88 bits per heavy atom. The van der Waals surface area contributed by atoms with E-state index in [1.54, 1.807) is 19.1 Å². The van der Waals surface area contributed by atoms with Crippen LogP contribution in [0.5, 0.6) is 0 Å². The number of rotatable bonds is 6. The van der Waals surface area contributed by atoms with Gasteiger partial charge in [-0.1, -0.05) is 12.1 Å². The molecule has 0 radical (unpaired) electrons. The van der Waals surface area contributed by atoms with E-state index in [4.69, 9.17) is 4.42 Å². The zero-order chi connectivity index (χ0) is 18.4. The van der Waals surface area contributed by atoms with Crippen molar-refractivity contribution in [3.63, 3.8) is 0 Å². The molecule has 0 saturated heterocycles. The fourth-order valence-corrected chi connectivity index (χ4v) is 2.73. The van der Waals surface area contributed by atoms with Gasteiger partial charge in [-0.2, -0.15) is 0 Å². The Labute approximate surface area is 158 Å². The van der Waals surface area contributed by atoms with Gasteiger partial charge >= 0.3 is 5.97 Å². The van der Waals surface area contributed by atoms with E-state index in [-0.39, 0.29) is 24.9 Å². The molecule has 2 rings (SSSR count). The van der Waals surface area contributed by atoms with Crippen LogP contribution in [0.2, 0.25) is 0 Å². The first-order valence-corrected chi connectivity index (χ1v) is 8.47. The molecule has 0 aliphatic heterocycles. The van der Waals surface area contributed by atoms with Crippen LogP contribution in [-0.2, 0) is 16.1 Å². The largest absolute Gasteiger partial charge is 0.465 e. The topological polar surface area (TPSA) is 97.6 Å². The van der Waals surface area contributed by atoms with E-state index in [2.05, 4.69) is 38.0 Å². The molecule has 0 saturated carbocycles. The van der Waals surface area contributed by atoms with E-state index in [1.807, 2.05) is 12.1 Å². The number of hydrogen-bond acceptors (Lipinski definition) is 5. The minimum atomic E-state index is -0.497. The molecule has 0 atom stereocenters. The van der Waals surface area contributed by atoms with Crippen molar-refractivity contribution in [3.8, 4) is 0 Å². The molecule has 0 aliphatic rings. The fraction of sp³-hybridized carbons (Fsp3) is 0.235. The van der Waals surface area contributed by atoms with Gasteiger partial charge in [0, 0.05) is 3.57 Å². The monoisotopic (exact) mass is 456 g/mol. The van der Waals surface area contributed by atoms with Crippen molar-refractivity contribution >= 4 is 40.4 Å². The summed E-state index contributed by atoms with van der Waals surface area (Å²) in [6.45, 7) is 1.59. The van der Waals surface area contributed by atoms with Crippen molar-refractivity contribution in [1.29, 1.82) is 0 Å². The van der Waals surface area contributed by atoms with Crippen LogP contribution in [0.25, 0.3) is 0 Å². The van der Waals surface area contributed by atoms with E-state index in [0.29, 0.717) is 22.6 Å². The molecule has 0 unspecified atom stereocenters. The van der Waals surface area contributed by atoms with Gasteiger partial charge < -0.3 is 19.8 Å². The van der Waals surface area contributed by atoms with E-state index >= 15 is 0 Å². The summed E-state index contributed by atoms with van der Waals surface area (Å²) in [6, 6.07) is 8.61. The lowest BCUT2D eigenvalue weighted by molar-refractivity contribution is -0.120. The maximum atomic E-state index is 12.0. The Hall–Kier alpha value is -2.36. The Kier molecular flexibility index (Phi) is 6.57. The van der Waals surface area contributed by atoms with Crippen LogP contribution in [0.3, 0.4) is 0 Å². The molecule has 2 N–H and O–H groups in total. The number of carbonyl (C=O) groups is 3. The number of benzene rings is 1. The number of nitrogens with one attached hydrogen (secondary N) is 2. The second-order valence-electron chi connectivity index (χ2n) is 5.11. The van der Waals surface area contributed by atoms with Crippen LogP contribution in [-0.4, -0.2) is 31.4 Å². The Balaban J connectivity index is 1.84. The number of ether oxygens (including phenoxy) is 1. The van der Waals surface area contributed by atoms with Crippen molar-refractivity contribution in [1.82, 2.24) is 10.6 Å². The first-order chi connectivity index (χ1) is 11.9. The number of furan rings is 1. The van der Waals surface area contributed by atoms with Gasteiger partial charge in [0.05, 0.1) is 25.8 Å². The van der Waals surface area contributed by atoms with Crippen LogP contribution in [0.15, 0.2) is 34.7 Å². The standard InChI is InChI=1S/C17H17IN2O5/c1-10-13(17(23)24-2)7-11(25-10)8-19-15(21)9-20-16(22)12-5-3-4-6-14(12)18/h3-7H,8-9H2,1-2H3,(H,19,21)(H,20,22). The number of hydrogen-bond donors (Lipinski definition) is 2. The van der Waals surface area contributed by atoms with Gasteiger partial charge in [-0.05, 0) is 47.7 Å². The minimum absolute atomic E-state index is 0.107. The number of amides is 2. The average Bonchev–Trinajstić information content (AvgIpc) is 2.98. The Bertz CT molecular complexity index is 800. The number of esters is 1. The summed E-state index contributed by atoms with van der Waals surface area (Å²) in [7, 11) is 1.28.